The highest BCUT2D eigenvalue weighted by Gasteiger charge is 2.21. The van der Waals surface area contributed by atoms with Gasteiger partial charge < -0.3 is 5.32 Å². The van der Waals surface area contributed by atoms with Gasteiger partial charge in [0, 0.05) is 12.2 Å². The number of hydrogen-bond acceptors (Lipinski definition) is 4. The van der Waals surface area contributed by atoms with E-state index in [2.05, 4.69) is 30.7 Å². The molecule has 2 aromatic carbocycles. The molecule has 0 bridgehead atoms. The fraction of sp³-hybridized carbons (Fsp3) is 0.292. The highest BCUT2D eigenvalue weighted by Crippen LogP contribution is 2.29. The second-order valence-corrected chi connectivity index (χ2v) is 8.87. The second-order valence-electron chi connectivity index (χ2n) is 7.56. The minimum atomic E-state index is -0.436. The van der Waals surface area contributed by atoms with E-state index < -0.39 is 5.25 Å². The number of fused-ring (bicyclic) bond motifs is 1. The molecule has 0 unspecified atom stereocenters. The number of aryl methyl sites for hydroxylation is 1. The fourth-order valence-corrected chi connectivity index (χ4v) is 4.22. The highest BCUT2D eigenvalue weighted by atomic mass is 32.2. The molecule has 1 amide bonds. The molecule has 0 saturated heterocycles. The molecule has 0 radical (unpaired) electrons. The first-order valence-corrected chi connectivity index (χ1v) is 10.9. The summed E-state index contributed by atoms with van der Waals surface area (Å²) in [5.41, 5.74) is 3.49. The number of aromatic nitrogens is 2. The lowest BCUT2D eigenvalue weighted by molar-refractivity contribution is -0.115. The van der Waals surface area contributed by atoms with Crippen LogP contribution in [0.25, 0.3) is 10.9 Å². The van der Waals surface area contributed by atoms with Gasteiger partial charge in [0.15, 0.2) is 5.16 Å². The van der Waals surface area contributed by atoms with Crippen molar-refractivity contribution in [3.63, 3.8) is 0 Å². The van der Waals surface area contributed by atoms with E-state index in [1.54, 1.807) is 16.7 Å². The molecule has 1 atom stereocenters. The Bertz CT molecular complexity index is 1150. The SMILES string of the molecule is C=CCn1c(S[C@H](C)C(=O)Nc2c(C)cccc2C(C)C)nc2ccccc2c1=O. The van der Waals surface area contributed by atoms with Crippen molar-refractivity contribution in [2.24, 2.45) is 0 Å². The number of nitrogens with zero attached hydrogens (tertiary/aromatic N) is 2. The monoisotopic (exact) mass is 421 g/mol. The lowest BCUT2D eigenvalue weighted by Crippen LogP contribution is -2.27. The van der Waals surface area contributed by atoms with Gasteiger partial charge in [-0.1, -0.05) is 62.0 Å². The Balaban J connectivity index is 1.91. The Labute approximate surface area is 181 Å². The van der Waals surface area contributed by atoms with Crippen molar-refractivity contribution in [3.05, 3.63) is 76.6 Å². The Kier molecular flexibility index (Phi) is 6.77. The number of nitrogens with one attached hydrogen (secondary N) is 1. The van der Waals surface area contributed by atoms with E-state index in [9.17, 15) is 9.59 Å². The number of hydrogen-bond donors (Lipinski definition) is 1. The quantitative estimate of drug-likeness (QED) is 0.326. The fourth-order valence-electron chi connectivity index (χ4n) is 3.31. The van der Waals surface area contributed by atoms with Gasteiger partial charge in [-0.3, -0.25) is 14.2 Å². The average Bonchev–Trinajstić information content (AvgIpc) is 2.72. The van der Waals surface area contributed by atoms with Crippen molar-refractivity contribution in [3.8, 4) is 0 Å². The maximum absolute atomic E-state index is 13.0. The minimum Gasteiger partial charge on any atom is -0.325 e. The first-order chi connectivity index (χ1) is 14.3. The van der Waals surface area contributed by atoms with Crippen LogP contribution >= 0.6 is 11.8 Å². The Hall–Kier alpha value is -2.86. The summed E-state index contributed by atoms with van der Waals surface area (Å²) < 4.78 is 1.57. The van der Waals surface area contributed by atoms with Gasteiger partial charge in [-0.15, -0.1) is 6.58 Å². The summed E-state index contributed by atoms with van der Waals surface area (Å²) in [4.78, 5) is 30.5. The molecular formula is C24H27N3O2S. The summed E-state index contributed by atoms with van der Waals surface area (Å²) in [6.45, 7) is 12.1. The van der Waals surface area contributed by atoms with E-state index in [0.717, 1.165) is 16.8 Å². The number of carbonyl (C=O) groups is 1. The van der Waals surface area contributed by atoms with Gasteiger partial charge in [-0.2, -0.15) is 0 Å². The third-order valence-corrected chi connectivity index (χ3v) is 6.06. The summed E-state index contributed by atoms with van der Waals surface area (Å²) in [5, 5.41) is 3.72. The number of rotatable bonds is 7. The molecule has 3 rings (SSSR count). The van der Waals surface area contributed by atoms with Crippen LogP contribution in [-0.2, 0) is 11.3 Å². The lowest BCUT2D eigenvalue weighted by atomic mass is 9.98. The molecule has 0 aliphatic rings. The van der Waals surface area contributed by atoms with Gasteiger partial charge in [0.05, 0.1) is 16.2 Å². The third-order valence-electron chi connectivity index (χ3n) is 4.96. The normalized spacial score (nSPS) is 12.2. The summed E-state index contributed by atoms with van der Waals surface area (Å²) in [6, 6.07) is 13.3. The van der Waals surface area contributed by atoms with E-state index >= 15 is 0 Å². The topological polar surface area (TPSA) is 64.0 Å². The number of carbonyl (C=O) groups excluding carboxylic acids is 1. The Morgan fingerprint density at radius 3 is 2.63 bits per heavy atom. The molecule has 3 aromatic rings. The molecule has 0 fully saturated rings. The molecule has 5 nitrogen and oxygen atoms in total. The maximum atomic E-state index is 13.0. The highest BCUT2D eigenvalue weighted by molar-refractivity contribution is 8.00. The molecule has 0 aliphatic carbocycles. The van der Waals surface area contributed by atoms with Crippen LogP contribution in [-0.4, -0.2) is 20.7 Å². The number of amides is 1. The summed E-state index contributed by atoms with van der Waals surface area (Å²) in [5.74, 6) is 0.173. The van der Waals surface area contributed by atoms with Crippen molar-refractivity contribution in [2.45, 2.75) is 50.6 Å². The van der Waals surface area contributed by atoms with Crippen LogP contribution in [0.5, 0.6) is 0 Å². The molecule has 156 valence electrons. The van der Waals surface area contributed by atoms with Crippen molar-refractivity contribution >= 4 is 34.3 Å². The maximum Gasteiger partial charge on any atom is 0.262 e. The van der Waals surface area contributed by atoms with E-state index in [0.29, 0.717) is 28.5 Å². The molecule has 1 heterocycles. The van der Waals surface area contributed by atoms with Crippen molar-refractivity contribution in [1.29, 1.82) is 0 Å². The predicted octanol–water partition coefficient (Wildman–Crippen LogP) is 5.13. The predicted molar refractivity (Wildman–Crippen MR) is 125 cm³/mol. The van der Waals surface area contributed by atoms with Crippen LogP contribution in [0.1, 0.15) is 37.8 Å². The smallest absolute Gasteiger partial charge is 0.262 e. The van der Waals surface area contributed by atoms with Crippen molar-refractivity contribution < 1.29 is 4.79 Å². The number of thioether (sulfide) groups is 1. The Morgan fingerprint density at radius 2 is 1.93 bits per heavy atom. The number of allylic oxidation sites excluding steroid dienone is 1. The van der Waals surface area contributed by atoms with Crippen LogP contribution in [0.3, 0.4) is 0 Å². The minimum absolute atomic E-state index is 0.122. The number of anilines is 1. The van der Waals surface area contributed by atoms with Gasteiger partial charge >= 0.3 is 0 Å². The summed E-state index contributed by atoms with van der Waals surface area (Å²) in [6.07, 6.45) is 1.66. The zero-order valence-corrected chi connectivity index (χ0v) is 18.6. The number of benzene rings is 2. The van der Waals surface area contributed by atoms with Crippen LogP contribution < -0.4 is 10.9 Å². The van der Waals surface area contributed by atoms with Crippen molar-refractivity contribution in [1.82, 2.24) is 9.55 Å². The molecule has 0 saturated carbocycles. The van der Waals surface area contributed by atoms with Gasteiger partial charge in [-0.05, 0) is 43.0 Å². The van der Waals surface area contributed by atoms with E-state index in [1.165, 1.54) is 11.8 Å². The lowest BCUT2D eigenvalue weighted by Gasteiger charge is -2.19. The molecule has 30 heavy (non-hydrogen) atoms. The summed E-state index contributed by atoms with van der Waals surface area (Å²) in [7, 11) is 0. The van der Waals surface area contributed by atoms with Crippen LogP contribution in [0, 0.1) is 6.92 Å². The van der Waals surface area contributed by atoms with E-state index in [4.69, 9.17) is 0 Å². The van der Waals surface area contributed by atoms with Gasteiger partial charge in [0.2, 0.25) is 5.91 Å². The molecular weight excluding hydrogens is 394 g/mol. The van der Waals surface area contributed by atoms with Crippen LogP contribution in [0.15, 0.2) is 65.1 Å². The van der Waals surface area contributed by atoms with Gasteiger partial charge in [0.1, 0.15) is 0 Å². The molecule has 0 spiro atoms. The third kappa shape index (κ3) is 4.49. The first-order valence-electron chi connectivity index (χ1n) is 10.0. The van der Waals surface area contributed by atoms with Crippen LogP contribution in [0.2, 0.25) is 0 Å². The zero-order valence-electron chi connectivity index (χ0n) is 17.8. The average molecular weight is 422 g/mol. The largest absolute Gasteiger partial charge is 0.325 e. The van der Waals surface area contributed by atoms with E-state index in [1.807, 2.05) is 50.2 Å². The Morgan fingerprint density at radius 1 is 1.20 bits per heavy atom. The summed E-state index contributed by atoms with van der Waals surface area (Å²) >= 11 is 1.28. The second kappa shape index (κ2) is 9.30. The molecule has 1 aromatic heterocycles. The standard InChI is InChI=1S/C24H27N3O2S/c1-6-14-27-23(29)19-11-7-8-13-20(19)25-24(27)30-17(5)22(28)26-21-16(4)10-9-12-18(21)15(2)3/h6-13,15,17H,1,14H2,2-5H3,(H,26,28)/t17-/m1/s1. The molecule has 0 aliphatic heterocycles. The van der Waals surface area contributed by atoms with E-state index in [-0.39, 0.29) is 11.5 Å². The van der Waals surface area contributed by atoms with Crippen LogP contribution in [0.4, 0.5) is 5.69 Å². The first kappa shape index (κ1) is 21.8. The zero-order chi connectivity index (χ0) is 21.8. The van der Waals surface area contributed by atoms with Crippen molar-refractivity contribution in [2.75, 3.05) is 5.32 Å². The molecule has 1 N–H and O–H groups in total. The molecule has 6 heteroatoms. The number of para-hydroxylation sites is 2. The van der Waals surface area contributed by atoms with Gasteiger partial charge in [0.25, 0.3) is 5.56 Å². The van der Waals surface area contributed by atoms with Gasteiger partial charge in [-0.25, -0.2) is 4.98 Å².